The highest BCUT2D eigenvalue weighted by molar-refractivity contribution is 5.81. The standard InChI is InChI=1S/C17H18N4/c1-11-6-13(10-19-9-11)17-20-15-7-12(8-18)2-5-16(15)21(17)14-3-4-14/h2,5-7,9-10,14H,3-4,8,18H2,1H3. The molecule has 2 N–H and O–H groups in total. The molecule has 0 saturated heterocycles. The van der Waals surface area contributed by atoms with Crippen molar-refractivity contribution in [1.29, 1.82) is 0 Å². The van der Waals surface area contributed by atoms with E-state index in [4.69, 9.17) is 10.7 Å². The maximum atomic E-state index is 5.74. The minimum absolute atomic E-state index is 0.549. The molecule has 4 heteroatoms. The van der Waals surface area contributed by atoms with Crippen LogP contribution in [0.25, 0.3) is 22.4 Å². The maximum absolute atomic E-state index is 5.74. The lowest BCUT2D eigenvalue weighted by atomic mass is 10.2. The van der Waals surface area contributed by atoms with Gasteiger partial charge in [-0.15, -0.1) is 0 Å². The predicted molar refractivity (Wildman–Crippen MR) is 83.9 cm³/mol. The Bertz CT molecular complexity index is 815. The molecular formula is C17H18N4. The van der Waals surface area contributed by atoms with Gasteiger partial charge in [-0.2, -0.15) is 0 Å². The Morgan fingerprint density at radius 3 is 2.81 bits per heavy atom. The van der Waals surface area contributed by atoms with Crippen LogP contribution in [-0.2, 0) is 6.54 Å². The summed E-state index contributed by atoms with van der Waals surface area (Å²) in [7, 11) is 0. The van der Waals surface area contributed by atoms with Crippen molar-refractivity contribution in [3.63, 3.8) is 0 Å². The van der Waals surface area contributed by atoms with Gasteiger partial charge in [-0.3, -0.25) is 4.98 Å². The highest BCUT2D eigenvalue weighted by atomic mass is 15.1. The van der Waals surface area contributed by atoms with E-state index in [0.29, 0.717) is 12.6 Å². The molecule has 2 heterocycles. The van der Waals surface area contributed by atoms with Crippen molar-refractivity contribution in [2.75, 3.05) is 0 Å². The Balaban J connectivity index is 1.97. The number of hydrogen-bond acceptors (Lipinski definition) is 3. The first-order valence-electron chi connectivity index (χ1n) is 7.39. The second-order valence-corrected chi connectivity index (χ2v) is 5.81. The van der Waals surface area contributed by atoms with Crippen molar-refractivity contribution in [3.05, 3.63) is 47.8 Å². The van der Waals surface area contributed by atoms with Gasteiger partial charge in [-0.25, -0.2) is 4.98 Å². The number of imidazole rings is 1. The van der Waals surface area contributed by atoms with E-state index in [2.05, 4.69) is 40.7 Å². The number of pyridine rings is 1. The van der Waals surface area contributed by atoms with E-state index in [9.17, 15) is 0 Å². The Morgan fingerprint density at radius 1 is 1.24 bits per heavy atom. The van der Waals surface area contributed by atoms with Crippen molar-refractivity contribution in [3.8, 4) is 11.4 Å². The molecule has 4 rings (SSSR count). The van der Waals surface area contributed by atoms with Crippen LogP contribution in [0.3, 0.4) is 0 Å². The zero-order valence-electron chi connectivity index (χ0n) is 12.1. The number of aryl methyl sites for hydroxylation is 1. The SMILES string of the molecule is Cc1cncc(-c2nc3cc(CN)ccc3n2C2CC2)c1. The monoisotopic (exact) mass is 278 g/mol. The van der Waals surface area contributed by atoms with Gasteiger partial charge < -0.3 is 10.3 Å². The molecule has 1 aliphatic rings. The molecule has 1 saturated carbocycles. The van der Waals surface area contributed by atoms with Gasteiger partial charge in [0.25, 0.3) is 0 Å². The third-order valence-corrected chi connectivity index (χ3v) is 4.03. The summed E-state index contributed by atoms with van der Waals surface area (Å²) in [6, 6.07) is 9.07. The lowest BCUT2D eigenvalue weighted by Gasteiger charge is -2.08. The number of hydrogen-bond donors (Lipinski definition) is 1. The molecule has 0 spiro atoms. The van der Waals surface area contributed by atoms with Crippen LogP contribution in [0, 0.1) is 6.92 Å². The summed E-state index contributed by atoms with van der Waals surface area (Å²) >= 11 is 0. The smallest absolute Gasteiger partial charge is 0.142 e. The minimum Gasteiger partial charge on any atom is -0.326 e. The van der Waals surface area contributed by atoms with Gasteiger partial charge in [-0.1, -0.05) is 6.07 Å². The molecule has 1 aliphatic carbocycles. The summed E-state index contributed by atoms with van der Waals surface area (Å²) in [5.41, 5.74) is 11.3. The predicted octanol–water partition coefficient (Wildman–Crippen LogP) is 3.20. The summed E-state index contributed by atoms with van der Waals surface area (Å²) in [5, 5.41) is 0. The van der Waals surface area contributed by atoms with Gasteiger partial charge in [0.15, 0.2) is 0 Å². The fourth-order valence-corrected chi connectivity index (χ4v) is 2.85. The Labute approximate surface area is 123 Å². The molecule has 2 aromatic heterocycles. The number of nitrogens with two attached hydrogens (primary N) is 1. The second kappa shape index (κ2) is 4.67. The number of benzene rings is 1. The Hall–Kier alpha value is -2.20. The highest BCUT2D eigenvalue weighted by Crippen LogP contribution is 2.41. The Kier molecular flexibility index (Phi) is 2.79. The molecule has 3 aromatic rings. The van der Waals surface area contributed by atoms with Gasteiger partial charge in [0, 0.05) is 30.5 Å². The largest absolute Gasteiger partial charge is 0.326 e. The third-order valence-electron chi connectivity index (χ3n) is 4.03. The fourth-order valence-electron chi connectivity index (χ4n) is 2.85. The molecule has 1 aromatic carbocycles. The van der Waals surface area contributed by atoms with Crippen molar-refractivity contribution in [2.45, 2.75) is 32.4 Å². The maximum Gasteiger partial charge on any atom is 0.142 e. The minimum atomic E-state index is 0.549. The number of rotatable bonds is 3. The molecule has 0 aliphatic heterocycles. The first-order chi connectivity index (χ1) is 10.3. The molecule has 106 valence electrons. The summed E-state index contributed by atoms with van der Waals surface area (Å²) in [4.78, 5) is 9.17. The van der Waals surface area contributed by atoms with Crippen LogP contribution >= 0.6 is 0 Å². The van der Waals surface area contributed by atoms with E-state index in [1.807, 2.05) is 12.4 Å². The number of fused-ring (bicyclic) bond motifs is 1. The second-order valence-electron chi connectivity index (χ2n) is 5.81. The quantitative estimate of drug-likeness (QED) is 0.800. The average Bonchev–Trinajstić information content (AvgIpc) is 3.26. The summed E-state index contributed by atoms with van der Waals surface area (Å²) < 4.78 is 2.37. The first-order valence-corrected chi connectivity index (χ1v) is 7.39. The van der Waals surface area contributed by atoms with Crippen molar-refractivity contribution >= 4 is 11.0 Å². The molecule has 0 atom stereocenters. The summed E-state index contributed by atoms with van der Waals surface area (Å²) in [6.07, 6.45) is 6.24. The number of aromatic nitrogens is 3. The first kappa shape index (κ1) is 12.5. The van der Waals surface area contributed by atoms with Crippen LogP contribution < -0.4 is 5.73 Å². The van der Waals surface area contributed by atoms with Crippen molar-refractivity contribution in [1.82, 2.24) is 14.5 Å². The molecule has 0 unspecified atom stereocenters. The average molecular weight is 278 g/mol. The van der Waals surface area contributed by atoms with E-state index in [1.54, 1.807) is 0 Å². The molecule has 21 heavy (non-hydrogen) atoms. The fraction of sp³-hybridized carbons (Fsp3) is 0.294. The summed E-state index contributed by atoms with van der Waals surface area (Å²) in [5.74, 6) is 1.03. The molecule has 0 bridgehead atoms. The van der Waals surface area contributed by atoms with Crippen LogP contribution in [0.15, 0.2) is 36.7 Å². The normalized spacial score (nSPS) is 14.8. The summed E-state index contributed by atoms with van der Waals surface area (Å²) in [6.45, 7) is 2.61. The van der Waals surface area contributed by atoms with E-state index in [0.717, 1.165) is 28.0 Å². The van der Waals surface area contributed by atoms with Crippen LogP contribution in [-0.4, -0.2) is 14.5 Å². The van der Waals surface area contributed by atoms with Crippen molar-refractivity contribution in [2.24, 2.45) is 5.73 Å². The van der Waals surface area contributed by atoms with Gasteiger partial charge in [0.1, 0.15) is 5.82 Å². The lowest BCUT2D eigenvalue weighted by molar-refractivity contribution is 0.774. The van der Waals surface area contributed by atoms with Crippen molar-refractivity contribution < 1.29 is 0 Å². The number of nitrogens with zero attached hydrogens (tertiary/aromatic N) is 3. The van der Waals surface area contributed by atoms with Gasteiger partial charge >= 0.3 is 0 Å². The highest BCUT2D eigenvalue weighted by Gasteiger charge is 2.28. The zero-order chi connectivity index (χ0) is 14.4. The van der Waals surface area contributed by atoms with Crippen LogP contribution in [0.1, 0.15) is 30.0 Å². The van der Waals surface area contributed by atoms with Gasteiger partial charge in [0.05, 0.1) is 11.0 Å². The molecule has 1 fully saturated rings. The molecular weight excluding hydrogens is 260 g/mol. The topological polar surface area (TPSA) is 56.7 Å². The van der Waals surface area contributed by atoms with E-state index in [-0.39, 0.29) is 0 Å². The Morgan fingerprint density at radius 2 is 2.10 bits per heavy atom. The van der Waals surface area contributed by atoms with E-state index < -0.39 is 0 Å². The lowest BCUT2D eigenvalue weighted by Crippen LogP contribution is -1.98. The molecule has 0 amide bonds. The van der Waals surface area contributed by atoms with Crippen LogP contribution in [0.4, 0.5) is 0 Å². The van der Waals surface area contributed by atoms with Crippen LogP contribution in [0.5, 0.6) is 0 Å². The molecule has 0 radical (unpaired) electrons. The van der Waals surface area contributed by atoms with E-state index in [1.165, 1.54) is 18.4 Å². The van der Waals surface area contributed by atoms with Crippen LogP contribution in [0.2, 0.25) is 0 Å². The van der Waals surface area contributed by atoms with E-state index >= 15 is 0 Å². The third kappa shape index (κ3) is 2.12. The van der Waals surface area contributed by atoms with Gasteiger partial charge in [0.2, 0.25) is 0 Å². The van der Waals surface area contributed by atoms with Gasteiger partial charge in [-0.05, 0) is 49.1 Å². The zero-order valence-corrected chi connectivity index (χ0v) is 12.1. The molecule has 4 nitrogen and oxygen atoms in total.